The SMILES string of the molecule is C[C@H]1C(=O)C(C#N)=C[C@@]2(C)c3nn(C)c(-c4ccccc4)c3CC[C@H]12. The zero-order valence-corrected chi connectivity index (χ0v) is 14.8. The minimum absolute atomic E-state index is 0.0207. The van der Waals surface area contributed by atoms with Crippen LogP contribution in [0.1, 0.15) is 31.5 Å². The van der Waals surface area contributed by atoms with Gasteiger partial charge in [0.25, 0.3) is 0 Å². The summed E-state index contributed by atoms with van der Waals surface area (Å²) in [5, 5.41) is 14.3. The number of fused-ring (bicyclic) bond motifs is 3. The zero-order valence-electron chi connectivity index (χ0n) is 14.8. The van der Waals surface area contributed by atoms with Gasteiger partial charge in [-0.25, -0.2) is 0 Å². The van der Waals surface area contributed by atoms with Gasteiger partial charge in [-0.05, 0) is 18.8 Å². The summed E-state index contributed by atoms with van der Waals surface area (Å²) < 4.78 is 1.95. The van der Waals surface area contributed by atoms with E-state index in [1.807, 2.05) is 42.9 Å². The van der Waals surface area contributed by atoms with E-state index in [1.165, 1.54) is 5.56 Å². The summed E-state index contributed by atoms with van der Waals surface area (Å²) in [5.74, 6) is 0.0377. The number of hydrogen-bond donors (Lipinski definition) is 0. The first-order chi connectivity index (χ1) is 12.0. The highest BCUT2D eigenvalue weighted by Crippen LogP contribution is 2.50. The molecule has 0 spiro atoms. The third-order valence-electron chi connectivity index (χ3n) is 6.03. The van der Waals surface area contributed by atoms with Gasteiger partial charge in [-0.3, -0.25) is 9.48 Å². The van der Waals surface area contributed by atoms with Gasteiger partial charge < -0.3 is 0 Å². The van der Waals surface area contributed by atoms with Gasteiger partial charge in [-0.15, -0.1) is 0 Å². The topological polar surface area (TPSA) is 58.7 Å². The van der Waals surface area contributed by atoms with Crippen molar-refractivity contribution >= 4 is 5.78 Å². The summed E-state index contributed by atoms with van der Waals surface area (Å²) in [5.41, 5.74) is 4.50. The predicted octanol–water partition coefficient (Wildman–Crippen LogP) is 3.58. The van der Waals surface area contributed by atoms with E-state index in [4.69, 9.17) is 5.10 Å². The fourth-order valence-corrected chi connectivity index (χ4v) is 4.80. The third-order valence-corrected chi connectivity index (χ3v) is 6.03. The molecule has 25 heavy (non-hydrogen) atoms. The molecule has 126 valence electrons. The standard InChI is InChI=1S/C21H21N3O/c1-13-17-10-9-16-18(14-7-5-4-6-8-14)24(3)23-20(16)21(17,2)11-15(12-22)19(13)25/h4-8,11,13,17H,9-10H2,1-3H3/t13-,17-,21-/m1/s1. The molecular weight excluding hydrogens is 310 g/mol. The number of carbonyl (C=O) groups excluding carboxylic acids is 1. The normalized spacial score (nSPS) is 27.9. The summed E-state index contributed by atoms with van der Waals surface area (Å²) in [6, 6.07) is 12.4. The molecule has 0 fully saturated rings. The highest BCUT2D eigenvalue weighted by molar-refractivity contribution is 6.02. The van der Waals surface area contributed by atoms with Crippen LogP contribution in [0.4, 0.5) is 0 Å². The van der Waals surface area contributed by atoms with Crippen LogP contribution < -0.4 is 0 Å². The molecule has 0 N–H and O–H groups in total. The lowest BCUT2D eigenvalue weighted by molar-refractivity contribution is -0.121. The molecule has 0 saturated carbocycles. The number of carbonyl (C=O) groups is 1. The van der Waals surface area contributed by atoms with Crippen molar-refractivity contribution in [1.82, 2.24) is 9.78 Å². The summed E-state index contributed by atoms with van der Waals surface area (Å²) in [6.45, 7) is 4.10. The number of rotatable bonds is 1. The van der Waals surface area contributed by atoms with Crippen LogP contribution in [-0.4, -0.2) is 15.6 Å². The number of aryl methyl sites for hydroxylation is 1. The largest absolute Gasteiger partial charge is 0.293 e. The average molecular weight is 331 g/mol. The summed E-state index contributed by atoms with van der Waals surface area (Å²) in [4.78, 5) is 12.4. The van der Waals surface area contributed by atoms with E-state index < -0.39 is 0 Å². The molecule has 0 unspecified atom stereocenters. The van der Waals surface area contributed by atoms with Gasteiger partial charge in [0.1, 0.15) is 6.07 Å². The quantitative estimate of drug-likeness (QED) is 0.802. The summed E-state index contributed by atoms with van der Waals surface area (Å²) in [6.07, 6.45) is 3.73. The fourth-order valence-electron chi connectivity index (χ4n) is 4.80. The molecule has 0 bridgehead atoms. The van der Waals surface area contributed by atoms with Crippen molar-refractivity contribution in [2.45, 2.75) is 32.1 Å². The molecule has 1 aromatic heterocycles. The van der Waals surface area contributed by atoms with Crippen molar-refractivity contribution in [2.24, 2.45) is 18.9 Å². The number of benzene rings is 1. The molecule has 0 radical (unpaired) electrons. The van der Waals surface area contributed by atoms with E-state index in [9.17, 15) is 10.1 Å². The Bertz CT molecular complexity index is 932. The second-order valence-corrected chi connectivity index (χ2v) is 7.42. The van der Waals surface area contributed by atoms with Crippen LogP contribution in [0, 0.1) is 23.2 Å². The van der Waals surface area contributed by atoms with E-state index in [0.29, 0.717) is 0 Å². The molecule has 4 rings (SSSR count). The Labute approximate surface area is 147 Å². The van der Waals surface area contributed by atoms with Gasteiger partial charge in [0.05, 0.1) is 17.0 Å². The lowest BCUT2D eigenvalue weighted by Gasteiger charge is -2.44. The maximum atomic E-state index is 12.4. The Kier molecular flexibility index (Phi) is 3.43. The molecule has 1 heterocycles. The minimum atomic E-state index is -0.364. The summed E-state index contributed by atoms with van der Waals surface area (Å²) in [7, 11) is 1.98. The molecule has 4 nitrogen and oxygen atoms in total. The van der Waals surface area contributed by atoms with Gasteiger partial charge in [0, 0.05) is 29.5 Å². The van der Waals surface area contributed by atoms with Crippen LogP contribution in [0.5, 0.6) is 0 Å². The highest BCUT2D eigenvalue weighted by Gasteiger charge is 2.50. The van der Waals surface area contributed by atoms with Crippen molar-refractivity contribution < 1.29 is 4.79 Å². The summed E-state index contributed by atoms with van der Waals surface area (Å²) >= 11 is 0. The van der Waals surface area contributed by atoms with Crippen molar-refractivity contribution in [3.8, 4) is 17.3 Å². The van der Waals surface area contributed by atoms with Crippen LogP contribution in [-0.2, 0) is 23.7 Å². The van der Waals surface area contributed by atoms with Gasteiger partial charge in [0.2, 0.25) is 0 Å². The Morgan fingerprint density at radius 3 is 2.72 bits per heavy atom. The van der Waals surface area contributed by atoms with Crippen LogP contribution >= 0.6 is 0 Å². The minimum Gasteiger partial charge on any atom is -0.293 e. The van der Waals surface area contributed by atoms with Gasteiger partial charge in [-0.1, -0.05) is 50.3 Å². The number of aromatic nitrogens is 2. The molecule has 0 aliphatic heterocycles. The molecule has 0 saturated heterocycles. The van der Waals surface area contributed by atoms with Crippen LogP contribution in [0.25, 0.3) is 11.3 Å². The van der Waals surface area contributed by atoms with Gasteiger partial charge in [0.15, 0.2) is 5.78 Å². The number of Topliss-reactive ketones (excluding diaryl/α,β-unsaturated/α-hetero) is 1. The van der Waals surface area contributed by atoms with Crippen LogP contribution in [0.2, 0.25) is 0 Å². The number of hydrogen-bond acceptors (Lipinski definition) is 3. The smallest absolute Gasteiger partial charge is 0.176 e. The Balaban J connectivity index is 1.94. The molecule has 2 aliphatic carbocycles. The van der Waals surface area contributed by atoms with E-state index in [0.717, 1.165) is 29.8 Å². The van der Waals surface area contributed by atoms with Gasteiger partial charge in [-0.2, -0.15) is 10.4 Å². The molecule has 1 aromatic carbocycles. The van der Waals surface area contributed by atoms with E-state index >= 15 is 0 Å². The lowest BCUT2D eigenvalue weighted by Crippen LogP contribution is -2.45. The average Bonchev–Trinajstić information content (AvgIpc) is 2.96. The van der Waals surface area contributed by atoms with E-state index in [-0.39, 0.29) is 28.6 Å². The zero-order chi connectivity index (χ0) is 17.8. The maximum absolute atomic E-state index is 12.4. The Hall–Kier alpha value is -2.67. The van der Waals surface area contributed by atoms with Crippen molar-refractivity contribution in [3.05, 3.63) is 53.2 Å². The molecule has 4 heteroatoms. The number of nitrogens with zero attached hydrogens (tertiary/aromatic N) is 3. The number of ketones is 1. The van der Waals surface area contributed by atoms with Crippen LogP contribution in [0.3, 0.4) is 0 Å². The molecule has 0 amide bonds. The molecule has 2 aromatic rings. The molecule has 3 atom stereocenters. The van der Waals surface area contributed by atoms with E-state index in [1.54, 1.807) is 0 Å². The predicted molar refractivity (Wildman–Crippen MR) is 95.7 cm³/mol. The third kappa shape index (κ3) is 2.12. The van der Waals surface area contributed by atoms with Crippen molar-refractivity contribution in [3.63, 3.8) is 0 Å². The Morgan fingerprint density at radius 1 is 1.32 bits per heavy atom. The van der Waals surface area contributed by atoms with E-state index in [2.05, 4.69) is 25.1 Å². The monoisotopic (exact) mass is 331 g/mol. The van der Waals surface area contributed by atoms with Gasteiger partial charge >= 0.3 is 0 Å². The maximum Gasteiger partial charge on any atom is 0.176 e. The second kappa shape index (κ2) is 5.42. The fraction of sp³-hybridized carbons (Fsp3) is 0.381. The molecule has 2 aliphatic rings. The number of nitriles is 1. The number of allylic oxidation sites excluding steroid dienone is 2. The first-order valence-corrected chi connectivity index (χ1v) is 8.76. The lowest BCUT2D eigenvalue weighted by atomic mass is 9.58. The first-order valence-electron chi connectivity index (χ1n) is 8.76. The second-order valence-electron chi connectivity index (χ2n) is 7.42. The van der Waals surface area contributed by atoms with Crippen LogP contribution in [0.15, 0.2) is 42.0 Å². The Morgan fingerprint density at radius 2 is 2.04 bits per heavy atom. The molecular formula is C21H21N3O. The van der Waals surface area contributed by atoms with Crippen molar-refractivity contribution in [2.75, 3.05) is 0 Å². The van der Waals surface area contributed by atoms with Crippen molar-refractivity contribution in [1.29, 1.82) is 5.26 Å². The highest BCUT2D eigenvalue weighted by atomic mass is 16.1. The first kappa shape index (κ1) is 15.8.